The van der Waals surface area contributed by atoms with E-state index in [0.717, 1.165) is 38.2 Å². The largest absolute Gasteiger partial charge is 0.491 e. The summed E-state index contributed by atoms with van der Waals surface area (Å²) in [5.74, 6) is 0.978. The van der Waals surface area contributed by atoms with Gasteiger partial charge < -0.3 is 14.8 Å². The minimum Gasteiger partial charge on any atom is -0.491 e. The van der Waals surface area contributed by atoms with E-state index < -0.39 is 0 Å². The molecule has 1 aromatic carbocycles. The molecule has 0 saturated carbocycles. The highest BCUT2D eigenvalue weighted by molar-refractivity contribution is 5.37. The Kier molecular flexibility index (Phi) is 5.86. The summed E-state index contributed by atoms with van der Waals surface area (Å²) in [5.41, 5.74) is 1.22. The van der Waals surface area contributed by atoms with E-state index in [1.54, 1.807) is 0 Å². The molecule has 2 rings (SSSR count). The lowest BCUT2D eigenvalue weighted by Gasteiger charge is -2.27. The van der Waals surface area contributed by atoms with Crippen LogP contribution in [0.3, 0.4) is 0 Å². The van der Waals surface area contributed by atoms with E-state index in [-0.39, 0.29) is 18.2 Å². The highest BCUT2D eigenvalue weighted by Gasteiger charge is 2.28. The Labute approximate surface area is 122 Å². The fourth-order valence-electron chi connectivity index (χ4n) is 2.71. The van der Waals surface area contributed by atoms with Gasteiger partial charge in [-0.2, -0.15) is 0 Å². The SMILES string of the molecule is CCCNC(c1ccccc1OC(C)C)C1CCCO1. The Morgan fingerprint density at radius 1 is 1.35 bits per heavy atom. The van der Waals surface area contributed by atoms with Crippen molar-refractivity contribution in [2.45, 2.75) is 58.3 Å². The van der Waals surface area contributed by atoms with Gasteiger partial charge in [-0.1, -0.05) is 25.1 Å². The third-order valence-corrected chi connectivity index (χ3v) is 3.57. The number of rotatable bonds is 7. The van der Waals surface area contributed by atoms with Crippen LogP contribution in [0.15, 0.2) is 24.3 Å². The van der Waals surface area contributed by atoms with Crippen molar-refractivity contribution in [1.29, 1.82) is 0 Å². The summed E-state index contributed by atoms with van der Waals surface area (Å²) in [5, 5.41) is 3.64. The molecule has 2 atom stereocenters. The maximum atomic E-state index is 5.97. The van der Waals surface area contributed by atoms with Crippen molar-refractivity contribution in [3.63, 3.8) is 0 Å². The molecule has 0 aromatic heterocycles. The Balaban J connectivity index is 2.22. The van der Waals surface area contributed by atoms with Gasteiger partial charge in [-0.25, -0.2) is 0 Å². The molecular weight excluding hydrogens is 250 g/mol. The summed E-state index contributed by atoms with van der Waals surface area (Å²) in [7, 11) is 0. The quantitative estimate of drug-likeness (QED) is 0.824. The van der Waals surface area contributed by atoms with Gasteiger partial charge >= 0.3 is 0 Å². The maximum absolute atomic E-state index is 5.97. The van der Waals surface area contributed by atoms with Gasteiger partial charge in [-0.15, -0.1) is 0 Å². The standard InChI is InChI=1S/C17H27NO2/c1-4-11-18-17(16-10-7-12-19-16)14-8-5-6-9-15(14)20-13(2)3/h5-6,8-9,13,16-18H,4,7,10-12H2,1-3H3. The molecule has 1 aliphatic rings. The van der Waals surface area contributed by atoms with Gasteiger partial charge in [-0.05, 0) is 45.7 Å². The average Bonchev–Trinajstić information content (AvgIpc) is 2.94. The third kappa shape index (κ3) is 3.97. The van der Waals surface area contributed by atoms with Gasteiger partial charge in [0.15, 0.2) is 0 Å². The van der Waals surface area contributed by atoms with E-state index in [0.29, 0.717) is 0 Å². The minimum atomic E-state index is 0.187. The van der Waals surface area contributed by atoms with E-state index in [4.69, 9.17) is 9.47 Å². The van der Waals surface area contributed by atoms with Gasteiger partial charge in [-0.3, -0.25) is 0 Å². The van der Waals surface area contributed by atoms with Gasteiger partial charge in [0.1, 0.15) is 5.75 Å². The molecule has 1 N–H and O–H groups in total. The monoisotopic (exact) mass is 277 g/mol. The summed E-state index contributed by atoms with van der Waals surface area (Å²) in [6.07, 6.45) is 3.85. The van der Waals surface area contributed by atoms with Crippen molar-refractivity contribution in [1.82, 2.24) is 5.32 Å². The zero-order chi connectivity index (χ0) is 14.4. The molecule has 1 saturated heterocycles. The van der Waals surface area contributed by atoms with E-state index in [2.05, 4.69) is 44.3 Å². The first-order valence-electron chi connectivity index (χ1n) is 7.83. The summed E-state index contributed by atoms with van der Waals surface area (Å²) in [6.45, 7) is 8.20. The van der Waals surface area contributed by atoms with Crippen LogP contribution in [0.1, 0.15) is 51.6 Å². The number of nitrogens with one attached hydrogen (secondary N) is 1. The number of para-hydroxylation sites is 1. The van der Waals surface area contributed by atoms with Crippen molar-refractivity contribution < 1.29 is 9.47 Å². The van der Waals surface area contributed by atoms with Gasteiger partial charge in [0.25, 0.3) is 0 Å². The highest BCUT2D eigenvalue weighted by atomic mass is 16.5. The third-order valence-electron chi connectivity index (χ3n) is 3.57. The molecule has 1 heterocycles. The lowest BCUT2D eigenvalue weighted by atomic mass is 9.98. The van der Waals surface area contributed by atoms with Crippen LogP contribution in [-0.2, 0) is 4.74 Å². The molecule has 20 heavy (non-hydrogen) atoms. The summed E-state index contributed by atoms with van der Waals surface area (Å²) in [6, 6.07) is 8.57. The van der Waals surface area contributed by atoms with Crippen LogP contribution in [0, 0.1) is 0 Å². The van der Waals surface area contributed by atoms with Gasteiger partial charge in [0, 0.05) is 12.2 Å². The predicted octanol–water partition coefficient (Wildman–Crippen LogP) is 3.69. The molecule has 2 unspecified atom stereocenters. The summed E-state index contributed by atoms with van der Waals surface area (Å²) < 4.78 is 11.9. The molecule has 1 aliphatic heterocycles. The second-order valence-corrected chi connectivity index (χ2v) is 5.69. The fourth-order valence-corrected chi connectivity index (χ4v) is 2.71. The predicted molar refractivity (Wildman–Crippen MR) is 82.2 cm³/mol. The van der Waals surface area contributed by atoms with Crippen molar-refractivity contribution in [3.05, 3.63) is 29.8 Å². The van der Waals surface area contributed by atoms with E-state index in [1.807, 2.05) is 6.07 Å². The van der Waals surface area contributed by atoms with Crippen LogP contribution in [0.25, 0.3) is 0 Å². The maximum Gasteiger partial charge on any atom is 0.124 e. The summed E-state index contributed by atoms with van der Waals surface area (Å²) >= 11 is 0. The first-order chi connectivity index (χ1) is 9.72. The topological polar surface area (TPSA) is 30.5 Å². The average molecular weight is 277 g/mol. The van der Waals surface area contributed by atoms with Gasteiger partial charge in [0.2, 0.25) is 0 Å². The van der Waals surface area contributed by atoms with E-state index in [9.17, 15) is 0 Å². The smallest absolute Gasteiger partial charge is 0.124 e. The fraction of sp³-hybridized carbons (Fsp3) is 0.647. The second kappa shape index (κ2) is 7.65. The van der Waals surface area contributed by atoms with Crippen LogP contribution >= 0.6 is 0 Å². The van der Waals surface area contributed by atoms with Crippen LogP contribution in [0.2, 0.25) is 0 Å². The van der Waals surface area contributed by atoms with Crippen molar-refractivity contribution >= 4 is 0 Å². The highest BCUT2D eigenvalue weighted by Crippen LogP contribution is 2.33. The lowest BCUT2D eigenvalue weighted by Crippen LogP contribution is -2.32. The summed E-state index contributed by atoms with van der Waals surface area (Å²) in [4.78, 5) is 0. The van der Waals surface area contributed by atoms with Gasteiger partial charge in [0.05, 0.1) is 18.2 Å². The zero-order valence-corrected chi connectivity index (χ0v) is 12.9. The molecule has 0 bridgehead atoms. The molecule has 0 aliphatic carbocycles. The molecule has 3 nitrogen and oxygen atoms in total. The zero-order valence-electron chi connectivity index (χ0n) is 12.9. The van der Waals surface area contributed by atoms with Crippen molar-refractivity contribution in [2.24, 2.45) is 0 Å². The Bertz CT molecular complexity index is 400. The van der Waals surface area contributed by atoms with Crippen LogP contribution in [0.4, 0.5) is 0 Å². The Morgan fingerprint density at radius 3 is 2.80 bits per heavy atom. The molecule has 0 amide bonds. The Hall–Kier alpha value is -1.06. The first kappa shape index (κ1) is 15.3. The van der Waals surface area contributed by atoms with Crippen LogP contribution in [0.5, 0.6) is 5.75 Å². The van der Waals surface area contributed by atoms with E-state index in [1.165, 1.54) is 5.56 Å². The van der Waals surface area contributed by atoms with Crippen LogP contribution < -0.4 is 10.1 Å². The van der Waals surface area contributed by atoms with E-state index >= 15 is 0 Å². The molecule has 1 aromatic rings. The number of ether oxygens (including phenoxy) is 2. The molecule has 3 heteroatoms. The van der Waals surface area contributed by atoms with Crippen LogP contribution in [-0.4, -0.2) is 25.4 Å². The molecule has 0 radical (unpaired) electrons. The normalized spacial score (nSPS) is 20.3. The molecule has 1 fully saturated rings. The number of benzene rings is 1. The lowest BCUT2D eigenvalue weighted by molar-refractivity contribution is 0.0767. The molecule has 0 spiro atoms. The van der Waals surface area contributed by atoms with Crippen molar-refractivity contribution in [3.8, 4) is 5.75 Å². The minimum absolute atomic E-state index is 0.187. The second-order valence-electron chi connectivity index (χ2n) is 5.69. The van der Waals surface area contributed by atoms with Crippen molar-refractivity contribution in [2.75, 3.05) is 13.2 Å². The molecule has 112 valence electrons. The first-order valence-corrected chi connectivity index (χ1v) is 7.83. The number of hydrogen-bond acceptors (Lipinski definition) is 3. The Morgan fingerprint density at radius 2 is 2.15 bits per heavy atom. The number of hydrogen-bond donors (Lipinski definition) is 1. The molecular formula is C17H27NO2.